The summed E-state index contributed by atoms with van der Waals surface area (Å²) in [6.07, 6.45) is 3.37. The molecule has 1 aliphatic heterocycles. The summed E-state index contributed by atoms with van der Waals surface area (Å²) in [7, 11) is 2.10. The molecule has 1 saturated heterocycles. The monoisotopic (exact) mass is 366 g/mol. The van der Waals surface area contributed by atoms with Crippen molar-refractivity contribution in [1.82, 2.24) is 24.8 Å². The van der Waals surface area contributed by atoms with Crippen LogP contribution in [0.1, 0.15) is 5.89 Å². The molecule has 0 radical (unpaired) electrons. The minimum absolute atomic E-state index is 0.0617. The summed E-state index contributed by atoms with van der Waals surface area (Å²) in [6.45, 7) is 5.93. The van der Waals surface area contributed by atoms with E-state index in [0.717, 1.165) is 37.1 Å². The fourth-order valence-electron chi connectivity index (χ4n) is 3.09. The summed E-state index contributed by atoms with van der Waals surface area (Å²) in [5.41, 5.74) is 1.44. The summed E-state index contributed by atoms with van der Waals surface area (Å²) in [5.74, 6) is 1.65. The van der Waals surface area contributed by atoms with E-state index in [-0.39, 0.29) is 5.91 Å². The number of hydrogen-bond acceptors (Lipinski definition) is 7. The van der Waals surface area contributed by atoms with Gasteiger partial charge in [0.1, 0.15) is 11.5 Å². The van der Waals surface area contributed by atoms with Gasteiger partial charge in [-0.1, -0.05) is 0 Å². The highest BCUT2D eigenvalue weighted by Gasteiger charge is 2.17. The number of carbonyl (C=O) groups is 1. The van der Waals surface area contributed by atoms with Crippen LogP contribution in [0.2, 0.25) is 0 Å². The predicted molar refractivity (Wildman–Crippen MR) is 102 cm³/mol. The van der Waals surface area contributed by atoms with Crippen LogP contribution in [0.15, 0.2) is 35.0 Å². The predicted octanol–water partition coefficient (Wildman–Crippen LogP) is 1.78. The van der Waals surface area contributed by atoms with Crippen LogP contribution in [-0.2, 0) is 4.79 Å². The molecule has 0 spiro atoms. The fourth-order valence-corrected chi connectivity index (χ4v) is 3.09. The highest BCUT2D eigenvalue weighted by Crippen LogP contribution is 2.22. The van der Waals surface area contributed by atoms with E-state index in [4.69, 9.17) is 4.42 Å². The van der Waals surface area contributed by atoms with Crippen molar-refractivity contribution in [2.75, 3.05) is 45.1 Å². The molecule has 0 unspecified atom stereocenters. The number of anilines is 1. The number of aromatic nitrogens is 3. The van der Waals surface area contributed by atoms with Crippen LogP contribution in [-0.4, -0.2) is 70.4 Å². The number of nitrogens with zero attached hydrogens (tertiary/aromatic N) is 5. The molecular weight excluding hydrogens is 344 g/mol. The second kappa shape index (κ2) is 7.42. The van der Waals surface area contributed by atoms with Crippen molar-refractivity contribution in [3.8, 4) is 11.5 Å². The molecule has 0 bridgehead atoms. The van der Waals surface area contributed by atoms with Crippen LogP contribution in [0.3, 0.4) is 0 Å². The summed E-state index contributed by atoms with van der Waals surface area (Å²) >= 11 is 0. The molecule has 140 valence electrons. The van der Waals surface area contributed by atoms with Crippen LogP contribution < -0.4 is 5.32 Å². The van der Waals surface area contributed by atoms with Crippen molar-refractivity contribution < 1.29 is 9.21 Å². The van der Waals surface area contributed by atoms with Gasteiger partial charge in [-0.3, -0.25) is 9.69 Å². The second-order valence-corrected chi connectivity index (χ2v) is 6.83. The maximum absolute atomic E-state index is 12.3. The first-order valence-corrected chi connectivity index (χ1v) is 8.97. The number of hydrogen-bond donors (Lipinski definition) is 1. The molecule has 27 heavy (non-hydrogen) atoms. The lowest BCUT2D eigenvalue weighted by Crippen LogP contribution is -2.47. The first-order valence-electron chi connectivity index (χ1n) is 8.97. The van der Waals surface area contributed by atoms with E-state index in [1.54, 1.807) is 25.4 Å². The average molecular weight is 366 g/mol. The first kappa shape index (κ1) is 17.6. The van der Waals surface area contributed by atoms with E-state index in [2.05, 4.69) is 37.1 Å². The van der Waals surface area contributed by atoms with Crippen molar-refractivity contribution in [2.45, 2.75) is 6.92 Å². The number of fused-ring (bicyclic) bond motifs is 1. The van der Waals surface area contributed by atoms with Crippen LogP contribution in [0.5, 0.6) is 0 Å². The summed E-state index contributed by atoms with van der Waals surface area (Å²) in [5, 5.41) is 3.77. The SMILES string of the molecule is Cc1ncc(-c2ccc3cnc(NC(=O)CN4CCN(C)CC4)cc3n2)o1. The molecular formula is C19H22N6O2. The fraction of sp³-hybridized carbons (Fsp3) is 0.368. The Bertz CT molecular complexity index is 962. The van der Waals surface area contributed by atoms with Crippen LogP contribution in [0.4, 0.5) is 5.82 Å². The average Bonchev–Trinajstić information content (AvgIpc) is 3.09. The number of pyridine rings is 2. The maximum atomic E-state index is 12.3. The molecule has 1 amide bonds. The Morgan fingerprint density at radius 1 is 1.19 bits per heavy atom. The number of likely N-dealkylation sites (N-methyl/N-ethyl adjacent to an activating group) is 1. The third kappa shape index (κ3) is 4.12. The summed E-state index contributed by atoms with van der Waals surface area (Å²) in [6, 6.07) is 5.58. The number of piperazine rings is 1. The molecule has 3 aromatic heterocycles. The topological polar surface area (TPSA) is 87.4 Å². The Labute approximate surface area is 157 Å². The van der Waals surface area contributed by atoms with Crippen molar-refractivity contribution in [1.29, 1.82) is 0 Å². The molecule has 0 saturated carbocycles. The van der Waals surface area contributed by atoms with Gasteiger partial charge in [-0.25, -0.2) is 15.0 Å². The van der Waals surface area contributed by atoms with Gasteiger partial charge in [0.25, 0.3) is 0 Å². The number of oxazole rings is 1. The zero-order valence-corrected chi connectivity index (χ0v) is 15.5. The Kier molecular flexibility index (Phi) is 4.83. The molecule has 0 aliphatic carbocycles. The van der Waals surface area contributed by atoms with E-state index in [0.29, 0.717) is 29.7 Å². The minimum Gasteiger partial charge on any atom is -0.439 e. The molecule has 8 nitrogen and oxygen atoms in total. The minimum atomic E-state index is -0.0617. The van der Waals surface area contributed by atoms with Gasteiger partial charge in [-0.2, -0.15) is 0 Å². The van der Waals surface area contributed by atoms with Gasteiger partial charge in [-0.05, 0) is 19.2 Å². The lowest BCUT2D eigenvalue weighted by Gasteiger charge is -2.31. The number of amides is 1. The lowest BCUT2D eigenvalue weighted by molar-refractivity contribution is -0.117. The van der Waals surface area contributed by atoms with Crippen molar-refractivity contribution >= 4 is 22.6 Å². The molecule has 4 heterocycles. The smallest absolute Gasteiger partial charge is 0.239 e. The first-order chi connectivity index (χ1) is 13.1. The Morgan fingerprint density at radius 3 is 2.74 bits per heavy atom. The lowest BCUT2D eigenvalue weighted by atomic mass is 10.2. The number of rotatable bonds is 4. The largest absolute Gasteiger partial charge is 0.439 e. The third-order valence-electron chi connectivity index (χ3n) is 4.68. The molecule has 1 aliphatic rings. The Hall–Kier alpha value is -2.84. The molecule has 8 heteroatoms. The summed E-state index contributed by atoms with van der Waals surface area (Å²) in [4.78, 5) is 29.8. The van der Waals surface area contributed by atoms with E-state index < -0.39 is 0 Å². The number of aryl methyl sites for hydroxylation is 1. The van der Waals surface area contributed by atoms with E-state index in [1.807, 2.05) is 12.1 Å². The number of carbonyl (C=O) groups excluding carboxylic acids is 1. The summed E-state index contributed by atoms with van der Waals surface area (Å²) < 4.78 is 5.54. The van der Waals surface area contributed by atoms with Crippen LogP contribution in [0.25, 0.3) is 22.4 Å². The molecule has 1 N–H and O–H groups in total. The Morgan fingerprint density at radius 2 is 2.00 bits per heavy atom. The van der Waals surface area contributed by atoms with Gasteiger partial charge >= 0.3 is 0 Å². The van der Waals surface area contributed by atoms with Crippen molar-refractivity contribution in [3.05, 3.63) is 36.5 Å². The second-order valence-electron chi connectivity index (χ2n) is 6.83. The normalized spacial score (nSPS) is 15.9. The van der Waals surface area contributed by atoms with Gasteiger partial charge in [0.2, 0.25) is 5.91 Å². The van der Waals surface area contributed by atoms with Crippen LogP contribution in [0, 0.1) is 6.92 Å². The highest BCUT2D eigenvalue weighted by atomic mass is 16.4. The third-order valence-corrected chi connectivity index (χ3v) is 4.68. The van der Waals surface area contributed by atoms with E-state index >= 15 is 0 Å². The maximum Gasteiger partial charge on any atom is 0.239 e. The number of nitrogens with one attached hydrogen (secondary N) is 1. The Balaban J connectivity index is 1.48. The molecule has 0 atom stereocenters. The van der Waals surface area contributed by atoms with Gasteiger partial charge in [0.05, 0.1) is 18.3 Å². The zero-order chi connectivity index (χ0) is 18.8. The molecule has 4 rings (SSSR count). The van der Waals surface area contributed by atoms with Crippen LogP contribution >= 0.6 is 0 Å². The highest BCUT2D eigenvalue weighted by molar-refractivity contribution is 5.93. The van der Waals surface area contributed by atoms with Gasteiger partial charge in [0, 0.05) is 50.8 Å². The van der Waals surface area contributed by atoms with Gasteiger partial charge in [-0.15, -0.1) is 0 Å². The van der Waals surface area contributed by atoms with Gasteiger partial charge < -0.3 is 14.6 Å². The molecule has 0 aromatic carbocycles. The molecule has 3 aromatic rings. The zero-order valence-electron chi connectivity index (χ0n) is 15.5. The quantitative estimate of drug-likeness (QED) is 0.753. The van der Waals surface area contributed by atoms with Crippen molar-refractivity contribution in [2.24, 2.45) is 0 Å². The van der Waals surface area contributed by atoms with Crippen molar-refractivity contribution in [3.63, 3.8) is 0 Å². The van der Waals surface area contributed by atoms with E-state index in [9.17, 15) is 4.79 Å². The van der Waals surface area contributed by atoms with Gasteiger partial charge in [0.15, 0.2) is 11.7 Å². The van der Waals surface area contributed by atoms with E-state index in [1.165, 1.54) is 0 Å². The standard InChI is InChI=1S/C19H22N6O2/c1-13-20-11-17(27-13)15-4-3-14-10-21-18(9-16(14)22-15)23-19(26)12-25-7-5-24(2)6-8-25/h3-4,9-11H,5-8,12H2,1-2H3,(H,21,23,26). The molecule has 1 fully saturated rings.